The fourth-order valence-corrected chi connectivity index (χ4v) is 2.80. The number of aryl methyl sites for hydroxylation is 2. The van der Waals surface area contributed by atoms with Crippen LogP contribution in [0.5, 0.6) is 0 Å². The van der Waals surface area contributed by atoms with Crippen LogP contribution in [0.1, 0.15) is 17.0 Å². The van der Waals surface area contributed by atoms with Crippen LogP contribution in [-0.2, 0) is 16.2 Å². The summed E-state index contributed by atoms with van der Waals surface area (Å²) >= 11 is 0. The second kappa shape index (κ2) is 6.43. The molecule has 3 aromatic rings. The molecule has 27 heavy (non-hydrogen) atoms. The summed E-state index contributed by atoms with van der Waals surface area (Å²) in [6.45, 7) is 3.70. The number of pyridine rings is 1. The highest BCUT2D eigenvalue weighted by Gasteiger charge is 2.37. The molecule has 0 aliphatic heterocycles. The zero-order chi connectivity index (χ0) is 20.0. The van der Waals surface area contributed by atoms with Crippen LogP contribution in [0.25, 0.3) is 17.1 Å². The molecule has 7 nitrogen and oxygen atoms in total. The molecule has 0 saturated heterocycles. The highest BCUT2D eigenvalue weighted by Crippen LogP contribution is 2.31. The molecule has 1 aromatic carbocycles. The molecule has 0 amide bonds. The lowest BCUT2D eigenvalue weighted by molar-refractivity contribution is -0.144. The molecule has 2 aromatic heterocycles. The van der Waals surface area contributed by atoms with E-state index in [0.717, 1.165) is 28.1 Å². The quantitative estimate of drug-likeness (QED) is 0.732. The molecule has 3 rings (SSSR count). The average Bonchev–Trinajstić information content (AvgIpc) is 3.02. The van der Waals surface area contributed by atoms with E-state index in [9.17, 15) is 21.6 Å². The SMILES string of the molecule is Cc1ccc(-c2nc(C(F)(F)F)nn2-c2ccc(S(N)(=O)=O)nc2)cc1C. The Labute approximate surface area is 152 Å². The summed E-state index contributed by atoms with van der Waals surface area (Å²) in [5.41, 5.74) is 2.38. The molecule has 0 fully saturated rings. The van der Waals surface area contributed by atoms with E-state index in [0.29, 0.717) is 5.56 Å². The average molecular weight is 397 g/mol. The monoisotopic (exact) mass is 397 g/mol. The first-order valence-corrected chi connectivity index (χ1v) is 9.12. The molecule has 0 bridgehead atoms. The maximum atomic E-state index is 13.1. The summed E-state index contributed by atoms with van der Waals surface area (Å²) in [6, 6.07) is 7.44. The Balaban J connectivity index is 2.19. The highest BCUT2D eigenvalue weighted by molar-refractivity contribution is 7.89. The third kappa shape index (κ3) is 3.83. The zero-order valence-electron chi connectivity index (χ0n) is 14.2. The molecule has 0 aliphatic carbocycles. The maximum absolute atomic E-state index is 13.1. The number of benzene rings is 1. The van der Waals surface area contributed by atoms with E-state index in [1.165, 1.54) is 6.07 Å². The minimum absolute atomic E-state index is 0.0458. The van der Waals surface area contributed by atoms with E-state index in [-0.39, 0.29) is 11.5 Å². The fraction of sp³-hybridized carbons (Fsp3) is 0.188. The molecule has 2 N–H and O–H groups in total. The van der Waals surface area contributed by atoms with Crippen LogP contribution < -0.4 is 5.14 Å². The number of hydrogen-bond acceptors (Lipinski definition) is 5. The minimum atomic E-state index is -4.74. The summed E-state index contributed by atoms with van der Waals surface area (Å²) in [6.07, 6.45) is -3.67. The Morgan fingerprint density at radius 1 is 1.07 bits per heavy atom. The number of halogens is 3. The van der Waals surface area contributed by atoms with Gasteiger partial charge in [0.1, 0.15) is 0 Å². The standard InChI is InChI=1S/C16H14F3N5O2S/c1-9-3-4-11(7-10(9)2)14-22-15(16(17,18)19)23-24(14)12-5-6-13(21-8-12)27(20,25)26/h3-8H,1-2H3,(H2,20,25,26). The highest BCUT2D eigenvalue weighted by atomic mass is 32.2. The molecule has 0 aliphatic rings. The first-order chi connectivity index (χ1) is 12.5. The van der Waals surface area contributed by atoms with Gasteiger partial charge in [0, 0.05) is 5.56 Å². The zero-order valence-corrected chi connectivity index (χ0v) is 15.0. The van der Waals surface area contributed by atoms with Crippen molar-refractivity contribution in [2.24, 2.45) is 5.14 Å². The van der Waals surface area contributed by atoms with Crippen molar-refractivity contribution in [3.05, 3.63) is 53.5 Å². The number of nitrogens with zero attached hydrogens (tertiary/aromatic N) is 4. The van der Waals surface area contributed by atoms with Crippen molar-refractivity contribution < 1.29 is 21.6 Å². The van der Waals surface area contributed by atoms with Crippen molar-refractivity contribution >= 4 is 10.0 Å². The molecular formula is C16H14F3N5O2S. The van der Waals surface area contributed by atoms with Gasteiger partial charge in [0.25, 0.3) is 15.8 Å². The van der Waals surface area contributed by atoms with E-state index < -0.39 is 27.0 Å². The molecule has 0 saturated carbocycles. The number of nitrogens with two attached hydrogens (primary N) is 1. The van der Waals surface area contributed by atoms with Crippen LogP contribution in [0.4, 0.5) is 13.2 Å². The minimum Gasteiger partial charge on any atom is -0.241 e. The molecule has 0 spiro atoms. The number of alkyl halides is 3. The van der Waals surface area contributed by atoms with E-state index in [1.54, 1.807) is 18.2 Å². The van der Waals surface area contributed by atoms with Crippen molar-refractivity contribution in [1.29, 1.82) is 0 Å². The van der Waals surface area contributed by atoms with Crippen LogP contribution in [0.15, 0.2) is 41.6 Å². The van der Waals surface area contributed by atoms with Gasteiger partial charge in [0.05, 0.1) is 11.9 Å². The molecule has 0 unspecified atom stereocenters. The molecule has 0 radical (unpaired) electrons. The van der Waals surface area contributed by atoms with E-state index >= 15 is 0 Å². The van der Waals surface area contributed by atoms with Gasteiger partial charge in [-0.2, -0.15) is 13.2 Å². The molecule has 2 heterocycles. The Hall–Kier alpha value is -2.79. The van der Waals surface area contributed by atoms with Crippen molar-refractivity contribution in [1.82, 2.24) is 19.7 Å². The summed E-state index contributed by atoms with van der Waals surface area (Å²) in [5.74, 6) is -1.36. The van der Waals surface area contributed by atoms with E-state index in [1.807, 2.05) is 13.8 Å². The second-order valence-electron chi connectivity index (χ2n) is 5.87. The van der Waals surface area contributed by atoms with Crippen molar-refractivity contribution in [2.45, 2.75) is 25.0 Å². The predicted molar refractivity (Wildman–Crippen MR) is 90.4 cm³/mol. The van der Waals surface area contributed by atoms with Crippen LogP contribution >= 0.6 is 0 Å². The number of primary sulfonamides is 1. The smallest absolute Gasteiger partial charge is 0.241 e. The molecule has 142 valence electrons. The van der Waals surface area contributed by atoms with E-state index in [2.05, 4.69) is 15.1 Å². The lowest BCUT2D eigenvalue weighted by Gasteiger charge is -2.08. The first kappa shape index (κ1) is 19.0. The van der Waals surface area contributed by atoms with Crippen LogP contribution in [0, 0.1) is 13.8 Å². The summed E-state index contributed by atoms with van der Waals surface area (Å²) in [7, 11) is -4.03. The van der Waals surface area contributed by atoms with Gasteiger partial charge in [0.15, 0.2) is 10.9 Å². The Morgan fingerprint density at radius 3 is 2.30 bits per heavy atom. The number of hydrogen-bond donors (Lipinski definition) is 1. The summed E-state index contributed by atoms with van der Waals surface area (Å²) in [5, 5.41) is 8.11. The lowest BCUT2D eigenvalue weighted by atomic mass is 10.1. The lowest BCUT2D eigenvalue weighted by Crippen LogP contribution is -2.14. The number of rotatable bonds is 3. The first-order valence-electron chi connectivity index (χ1n) is 7.58. The van der Waals surface area contributed by atoms with Crippen LogP contribution in [0.3, 0.4) is 0 Å². The number of sulfonamides is 1. The third-order valence-electron chi connectivity index (χ3n) is 3.88. The van der Waals surface area contributed by atoms with Crippen molar-refractivity contribution in [3.63, 3.8) is 0 Å². The van der Waals surface area contributed by atoms with Crippen molar-refractivity contribution in [2.75, 3.05) is 0 Å². The third-order valence-corrected chi connectivity index (χ3v) is 4.71. The molecule has 0 atom stereocenters. The Morgan fingerprint density at radius 2 is 1.78 bits per heavy atom. The van der Waals surface area contributed by atoms with Gasteiger partial charge in [-0.25, -0.2) is 28.2 Å². The van der Waals surface area contributed by atoms with Crippen LogP contribution in [0.2, 0.25) is 0 Å². The largest absolute Gasteiger partial charge is 0.453 e. The van der Waals surface area contributed by atoms with Crippen molar-refractivity contribution in [3.8, 4) is 17.1 Å². The van der Waals surface area contributed by atoms with Crippen LogP contribution in [-0.4, -0.2) is 28.2 Å². The Kier molecular flexibility index (Phi) is 4.52. The van der Waals surface area contributed by atoms with Gasteiger partial charge in [0.2, 0.25) is 0 Å². The topological polar surface area (TPSA) is 104 Å². The maximum Gasteiger partial charge on any atom is 0.453 e. The molecular weight excluding hydrogens is 383 g/mol. The van der Waals surface area contributed by atoms with Gasteiger partial charge in [-0.1, -0.05) is 12.1 Å². The number of aromatic nitrogens is 4. The summed E-state index contributed by atoms with van der Waals surface area (Å²) in [4.78, 5) is 7.31. The second-order valence-corrected chi connectivity index (χ2v) is 7.38. The Bertz CT molecular complexity index is 1110. The van der Waals surface area contributed by atoms with Gasteiger partial charge < -0.3 is 0 Å². The fourth-order valence-electron chi connectivity index (χ4n) is 2.35. The van der Waals surface area contributed by atoms with Gasteiger partial charge in [-0.05, 0) is 43.2 Å². The normalized spacial score (nSPS) is 12.4. The summed E-state index contributed by atoms with van der Waals surface area (Å²) < 4.78 is 63.0. The van der Waals surface area contributed by atoms with Gasteiger partial charge >= 0.3 is 6.18 Å². The van der Waals surface area contributed by atoms with E-state index in [4.69, 9.17) is 5.14 Å². The van der Waals surface area contributed by atoms with Gasteiger partial charge in [-0.3, -0.25) is 0 Å². The van der Waals surface area contributed by atoms with Gasteiger partial charge in [-0.15, -0.1) is 5.10 Å². The predicted octanol–water partition coefficient (Wildman–Crippen LogP) is 2.61. The molecule has 11 heteroatoms.